The van der Waals surface area contributed by atoms with Crippen molar-refractivity contribution in [2.45, 2.75) is 6.42 Å². The first-order valence-corrected chi connectivity index (χ1v) is 3.18. The quantitative estimate of drug-likeness (QED) is 0.643. The summed E-state index contributed by atoms with van der Waals surface area (Å²) in [4.78, 5) is 3.89. The maximum absolute atomic E-state index is 6.95. The van der Waals surface area contributed by atoms with Crippen molar-refractivity contribution in [1.82, 2.24) is 10.7 Å². The topological polar surface area (TPSA) is 62.7 Å². The van der Waals surface area contributed by atoms with E-state index in [-0.39, 0.29) is 0 Å². The Morgan fingerprint density at radius 3 is 3.00 bits per heavy atom. The standard InChI is InChI=1S/C7H10N3/c8-4-3-6-2-1-5-10-7(6)9/h1-2,5,8H,3-4H2,(H2,9,10). The predicted molar refractivity (Wildman–Crippen MR) is 40.3 cm³/mol. The summed E-state index contributed by atoms with van der Waals surface area (Å²) in [6.45, 7) is 0.371. The van der Waals surface area contributed by atoms with E-state index in [1.54, 1.807) is 6.20 Å². The molecule has 0 aliphatic carbocycles. The van der Waals surface area contributed by atoms with Gasteiger partial charge in [-0.15, -0.1) is 0 Å². The molecule has 0 aliphatic rings. The van der Waals surface area contributed by atoms with E-state index in [1.165, 1.54) is 0 Å². The highest BCUT2D eigenvalue weighted by Gasteiger charge is 1.95. The number of nitrogens with one attached hydrogen (secondary N) is 1. The van der Waals surface area contributed by atoms with E-state index >= 15 is 0 Å². The third-order valence-electron chi connectivity index (χ3n) is 1.32. The number of pyridine rings is 1. The van der Waals surface area contributed by atoms with Crippen LogP contribution in [0, 0.1) is 0 Å². The molecule has 3 nitrogen and oxygen atoms in total. The summed E-state index contributed by atoms with van der Waals surface area (Å²) in [5.41, 5.74) is 13.4. The number of nitrogens with zero attached hydrogens (tertiary/aromatic N) is 1. The maximum atomic E-state index is 6.95. The molecule has 0 saturated carbocycles. The molecule has 0 bridgehead atoms. The summed E-state index contributed by atoms with van der Waals surface area (Å²) >= 11 is 0. The zero-order valence-electron chi connectivity index (χ0n) is 5.67. The van der Waals surface area contributed by atoms with Crippen molar-refractivity contribution in [3.63, 3.8) is 0 Å². The van der Waals surface area contributed by atoms with Gasteiger partial charge in [-0.05, 0) is 18.1 Å². The van der Waals surface area contributed by atoms with Gasteiger partial charge in [-0.25, -0.2) is 4.98 Å². The summed E-state index contributed by atoms with van der Waals surface area (Å²) in [6, 6.07) is 3.73. The SMILES string of the molecule is [NH]CCc1cccnc1N. The molecular weight excluding hydrogens is 126 g/mol. The number of nitrogens with two attached hydrogens (primary N) is 1. The molecule has 1 aromatic rings. The number of nitrogen functional groups attached to an aromatic ring is 1. The van der Waals surface area contributed by atoms with Crippen molar-refractivity contribution < 1.29 is 0 Å². The normalized spacial score (nSPS) is 9.70. The van der Waals surface area contributed by atoms with Gasteiger partial charge in [0, 0.05) is 12.7 Å². The molecule has 0 spiro atoms. The number of anilines is 1. The van der Waals surface area contributed by atoms with Gasteiger partial charge in [0.1, 0.15) is 5.82 Å². The van der Waals surface area contributed by atoms with E-state index in [0.29, 0.717) is 18.8 Å². The van der Waals surface area contributed by atoms with Crippen LogP contribution >= 0.6 is 0 Å². The van der Waals surface area contributed by atoms with E-state index in [4.69, 9.17) is 11.5 Å². The fraction of sp³-hybridized carbons (Fsp3) is 0.286. The smallest absolute Gasteiger partial charge is 0.126 e. The van der Waals surface area contributed by atoms with Crippen molar-refractivity contribution in [2.75, 3.05) is 12.3 Å². The molecule has 0 amide bonds. The number of aromatic nitrogens is 1. The van der Waals surface area contributed by atoms with Crippen LogP contribution in [0.15, 0.2) is 18.3 Å². The van der Waals surface area contributed by atoms with Crippen molar-refractivity contribution in [2.24, 2.45) is 0 Å². The third kappa shape index (κ3) is 1.45. The zero-order chi connectivity index (χ0) is 7.40. The summed E-state index contributed by atoms with van der Waals surface area (Å²) in [5, 5.41) is 0. The highest BCUT2D eigenvalue weighted by atomic mass is 14.8. The molecule has 3 heteroatoms. The summed E-state index contributed by atoms with van der Waals surface area (Å²) in [6.07, 6.45) is 2.35. The molecule has 0 fully saturated rings. The Kier molecular flexibility index (Phi) is 2.23. The van der Waals surface area contributed by atoms with Crippen LogP contribution in [0.4, 0.5) is 5.82 Å². The molecule has 3 N–H and O–H groups in total. The van der Waals surface area contributed by atoms with Gasteiger partial charge in [-0.1, -0.05) is 6.07 Å². The Bertz CT molecular complexity index is 210. The van der Waals surface area contributed by atoms with Crippen molar-refractivity contribution in [3.8, 4) is 0 Å². The minimum absolute atomic E-state index is 0.371. The van der Waals surface area contributed by atoms with Crippen LogP contribution in [0.5, 0.6) is 0 Å². The van der Waals surface area contributed by atoms with E-state index in [1.807, 2.05) is 12.1 Å². The van der Waals surface area contributed by atoms with E-state index < -0.39 is 0 Å². The first-order valence-electron chi connectivity index (χ1n) is 3.18. The van der Waals surface area contributed by atoms with Gasteiger partial charge in [0.2, 0.25) is 0 Å². The number of rotatable bonds is 2. The molecule has 1 heterocycles. The molecule has 1 aromatic heterocycles. The largest absolute Gasteiger partial charge is 0.383 e. The number of hydrogen-bond acceptors (Lipinski definition) is 2. The second-order valence-corrected chi connectivity index (χ2v) is 2.05. The van der Waals surface area contributed by atoms with Gasteiger partial charge in [-0.2, -0.15) is 0 Å². The molecule has 0 aromatic carbocycles. The lowest BCUT2D eigenvalue weighted by atomic mass is 10.2. The van der Waals surface area contributed by atoms with Gasteiger partial charge in [0.15, 0.2) is 0 Å². The second kappa shape index (κ2) is 3.17. The third-order valence-corrected chi connectivity index (χ3v) is 1.32. The Morgan fingerprint density at radius 1 is 1.60 bits per heavy atom. The highest BCUT2D eigenvalue weighted by Crippen LogP contribution is 2.05. The first-order chi connectivity index (χ1) is 4.84. The minimum atomic E-state index is 0.371. The highest BCUT2D eigenvalue weighted by molar-refractivity contribution is 5.38. The average molecular weight is 136 g/mol. The molecule has 0 unspecified atom stereocenters. The Hall–Kier alpha value is -1.09. The van der Waals surface area contributed by atoms with Crippen LogP contribution in [-0.2, 0) is 6.42 Å². The van der Waals surface area contributed by atoms with E-state index in [0.717, 1.165) is 5.56 Å². The van der Waals surface area contributed by atoms with E-state index in [9.17, 15) is 0 Å². The summed E-state index contributed by atoms with van der Waals surface area (Å²) in [5.74, 6) is 0.551. The second-order valence-electron chi connectivity index (χ2n) is 2.05. The van der Waals surface area contributed by atoms with Gasteiger partial charge in [0.05, 0.1) is 0 Å². The molecule has 53 valence electrons. The first kappa shape index (κ1) is 7.02. The summed E-state index contributed by atoms with van der Waals surface area (Å²) in [7, 11) is 0. The van der Waals surface area contributed by atoms with Gasteiger partial charge in [-0.3, -0.25) is 5.73 Å². The van der Waals surface area contributed by atoms with Crippen molar-refractivity contribution in [3.05, 3.63) is 23.9 Å². The van der Waals surface area contributed by atoms with Gasteiger partial charge < -0.3 is 5.73 Å². The van der Waals surface area contributed by atoms with Gasteiger partial charge in [0.25, 0.3) is 0 Å². The fourth-order valence-electron chi connectivity index (χ4n) is 0.797. The zero-order valence-corrected chi connectivity index (χ0v) is 5.67. The van der Waals surface area contributed by atoms with Crippen LogP contribution in [0.3, 0.4) is 0 Å². The molecule has 0 atom stereocenters. The van der Waals surface area contributed by atoms with Crippen LogP contribution in [0.2, 0.25) is 0 Å². The molecular formula is C7H10N3. The van der Waals surface area contributed by atoms with E-state index in [2.05, 4.69) is 4.98 Å². The van der Waals surface area contributed by atoms with Crippen molar-refractivity contribution >= 4 is 5.82 Å². The summed E-state index contributed by atoms with van der Waals surface area (Å²) < 4.78 is 0. The monoisotopic (exact) mass is 136 g/mol. The lowest BCUT2D eigenvalue weighted by molar-refractivity contribution is 0.937. The fourth-order valence-corrected chi connectivity index (χ4v) is 0.797. The number of hydrogen-bond donors (Lipinski definition) is 1. The molecule has 1 rings (SSSR count). The lowest BCUT2D eigenvalue weighted by Crippen LogP contribution is -1.99. The van der Waals surface area contributed by atoms with Crippen LogP contribution in [0.25, 0.3) is 0 Å². The van der Waals surface area contributed by atoms with Crippen LogP contribution < -0.4 is 11.5 Å². The maximum Gasteiger partial charge on any atom is 0.126 e. The average Bonchev–Trinajstić information content (AvgIpc) is 1.94. The Morgan fingerprint density at radius 2 is 2.40 bits per heavy atom. The Balaban J connectivity index is 2.81. The van der Waals surface area contributed by atoms with Crippen molar-refractivity contribution in [1.29, 1.82) is 0 Å². The van der Waals surface area contributed by atoms with Gasteiger partial charge >= 0.3 is 0 Å². The molecule has 1 radical (unpaired) electrons. The predicted octanol–water partition coefficient (Wildman–Crippen LogP) is 0.489. The molecule has 0 aliphatic heterocycles. The Labute approximate surface area is 60.1 Å². The lowest BCUT2D eigenvalue weighted by Gasteiger charge is -1.99. The van der Waals surface area contributed by atoms with Crippen LogP contribution in [-0.4, -0.2) is 11.5 Å². The van der Waals surface area contributed by atoms with Crippen LogP contribution in [0.1, 0.15) is 5.56 Å². The minimum Gasteiger partial charge on any atom is -0.383 e. The molecule has 0 saturated heterocycles. The molecule has 10 heavy (non-hydrogen) atoms.